The molecule has 1 aromatic rings. The molecule has 0 atom stereocenters. The third-order valence-corrected chi connectivity index (χ3v) is 3.57. The number of rotatable bonds is 6. The Hall–Kier alpha value is -1.95. The minimum absolute atomic E-state index is 0.331. The zero-order valence-electron chi connectivity index (χ0n) is 12.4. The minimum Gasteiger partial charge on any atom is -0.491 e. The quantitative estimate of drug-likeness (QED) is 0.782. The lowest BCUT2D eigenvalue weighted by Crippen LogP contribution is -2.44. The number of likely N-dealkylation sites (tertiary alicyclic amines) is 1. The van der Waals surface area contributed by atoms with E-state index in [-0.39, 0.29) is 6.03 Å². The third kappa shape index (κ3) is 4.82. The van der Waals surface area contributed by atoms with E-state index in [0.717, 1.165) is 24.3 Å². The second kappa shape index (κ2) is 7.73. The van der Waals surface area contributed by atoms with Crippen molar-refractivity contribution >= 4 is 11.7 Å². The number of amides is 2. The summed E-state index contributed by atoms with van der Waals surface area (Å²) >= 11 is 0. The Labute approximate surface area is 125 Å². The number of carbonyl (C=O) groups excluding carboxylic acids is 1. The second-order valence-corrected chi connectivity index (χ2v) is 5.11. The summed E-state index contributed by atoms with van der Waals surface area (Å²) in [7, 11) is 1.65. The molecule has 0 spiro atoms. The van der Waals surface area contributed by atoms with Crippen molar-refractivity contribution in [1.29, 1.82) is 0 Å². The molecule has 0 unspecified atom stereocenters. The van der Waals surface area contributed by atoms with E-state index in [9.17, 15) is 4.79 Å². The maximum absolute atomic E-state index is 11.1. The molecule has 1 aliphatic rings. The Balaban J connectivity index is 1.83. The van der Waals surface area contributed by atoms with E-state index in [1.54, 1.807) is 12.0 Å². The van der Waals surface area contributed by atoms with Crippen molar-refractivity contribution in [3.8, 4) is 5.75 Å². The predicted molar refractivity (Wildman–Crippen MR) is 81.6 cm³/mol. The van der Waals surface area contributed by atoms with Gasteiger partial charge in [0.15, 0.2) is 0 Å². The lowest BCUT2D eigenvalue weighted by Gasteiger charge is -2.31. The molecule has 0 aromatic heterocycles. The molecule has 2 amide bonds. The molecule has 3 N–H and O–H groups in total. The number of carbonyl (C=O) groups is 1. The Bertz CT molecular complexity index is 459. The fraction of sp³-hybridized carbons (Fsp3) is 0.533. The largest absolute Gasteiger partial charge is 0.491 e. The van der Waals surface area contributed by atoms with Crippen LogP contribution < -0.4 is 15.8 Å². The van der Waals surface area contributed by atoms with E-state index in [0.29, 0.717) is 32.3 Å². The molecule has 21 heavy (non-hydrogen) atoms. The minimum atomic E-state index is -0.331. The maximum Gasteiger partial charge on any atom is 0.314 e. The number of primary amides is 1. The van der Waals surface area contributed by atoms with Gasteiger partial charge >= 0.3 is 6.03 Å². The molecule has 0 radical (unpaired) electrons. The highest BCUT2D eigenvalue weighted by molar-refractivity contribution is 5.72. The van der Waals surface area contributed by atoms with Gasteiger partial charge in [0.05, 0.1) is 6.61 Å². The predicted octanol–water partition coefficient (Wildman–Crippen LogP) is 1.67. The van der Waals surface area contributed by atoms with Crippen LogP contribution in [-0.2, 0) is 4.74 Å². The molecule has 2 rings (SSSR count). The summed E-state index contributed by atoms with van der Waals surface area (Å²) in [6.07, 6.45) is 1.80. The van der Waals surface area contributed by atoms with Gasteiger partial charge in [0.2, 0.25) is 0 Å². The highest BCUT2D eigenvalue weighted by atomic mass is 16.5. The fourth-order valence-corrected chi connectivity index (χ4v) is 2.40. The number of benzene rings is 1. The molecule has 1 fully saturated rings. The maximum atomic E-state index is 11.1. The van der Waals surface area contributed by atoms with Crippen molar-refractivity contribution in [1.82, 2.24) is 4.90 Å². The molecule has 0 aliphatic carbocycles. The first kappa shape index (κ1) is 15.4. The number of piperidine rings is 1. The molecule has 1 heterocycles. The van der Waals surface area contributed by atoms with E-state index >= 15 is 0 Å². The average Bonchev–Trinajstić information content (AvgIpc) is 2.48. The molecule has 6 heteroatoms. The lowest BCUT2D eigenvalue weighted by molar-refractivity contribution is 0.146. The summed E-state index contributed by atoms with van der Waals surface area (Å²) in [5.41, 5.74) is 6.31. The summed E-state index contributed by atoms with van der Waals surface area (Å²) in [4.78, 5) is 12.8. The van der Waals surface area contributed by atoms with E-state index in [1.807, 2.05) is 24.3 Å². The van der Waals surface area contributed by atoms with Crippen LogP contribution in [0.2, 0.25) is 0 Å². The van der Waals surface area contributed by atoms with Crippen LogP contribution in [0, 0.1) is 0 Å². The van der Waals surface area contributed by atoms with Gasteiger partial charge in [0, 0.05) is 38.0 Å². The molecule has 1 saturated heterocycles. The van der Waals surface area contributed by atoms with Crippen LogP contribution in [0.3, 0.4) is 0 Å². The number of nitrogens with one attached hydrogen (secondary N) is 1. The van der Waals surface area contributed by atoms with Crippen molar-refractivity contribution < 1.29 is 14.3 Å². The standard InChI is InChI=1S/C15H23N3O3/c1-20-9-10-21-14-4-2-3-13(11-14)17-12-5-7-18(8-6-12)15(16)19/h2-4,11-12,17H,5-10H2,1H3,(H2,16,19). The zero-order valence-corrected chi connectivity index (χ0v) is 12.4. The fourth-order valence-electron chi connectivity index (χ4n) is 2.40. The molecule has 116 valence electrons. The van der Waals surface area contributed by atoms with Crippen molar-refractivity contribution in [3.05, 3.63) is 24.3 Å². The van der Waals surface area contributed by atoms with Crippen LogP contribution in [0.4, 0.5) is 10.5 Å². The first-order valence-corrected chi connectivity index (χ1v) is 7.22. The summed E-state index contributed by atoms with van der Waals surface area (Å²) in [6, 6.07) is 7.91. The van der Waals surface area contributed by atoms with E-state index in [4.69, 9.17) is 15.2 Å². The summed E-state index contributed by atoms with van der Waals surface area (Å²) in [5, 5.41) is 3.48. The number of nitrogens with zero attached hydrogens (tertiary/aromatic N) is 1. The zero-order chi connectivity index (χ0) is 15.1. The molecule has 1 aliphatic heterocycles. The number of hydrogen-bond acceptors (Lipinski definition) is 4. The molecule has 1 aromatic carbocycles. The van der Waals surface area contributed by atoms with Gasteiger partial charge in [0.25, 0.3) is 0 Å². The topological polar surface area (TPSA) is 76.8 Å². The van der Waals surface area contributed by atoms with Crippen LogP contribution in [0.1, 0.15) is 12.8 Å². The number of nitrogens with two attached hydrogens (primary N) is 1. The Morgan fingerprint density at radius 2 is 2.14 bits per heavy atom. The number of hydrogen-bond donors (Lipinski definition) is 2. The summed E-state index contributed by atoms with van der Waals surface area (Å²) in [6.45, 7) is 2.52. The average molecular weight is 293 g/mol. The third-order valence-electron chi connectivity index (χ3n) is 3.57. The summed E-state index contributed by atoms with van der Waals surface area (Å²) in [5.74, 6) is 0.826. The molecule has 0 bridgehead atoms. The van der Waals surface area contributed by atoms with Crippen LogP contribution in [0.25, 0.3) is 0 Å². The van der Waals surface area contributed by atoms with Gasteiger partial charge < -0.3 is 25.4 Å². The monoisotopic (exact) mass is 293 g/mol. The number of anilines is 1. The van der Waals surface area contributed by atoms with Gasteiger partial charge in [-0.1, -0.05) is 6.07 Å². The molecule has 6 nitrogen and oxygen atoms in total. The van der Waals surface area contributed by atoms with E-state index in [1.165, 1.54) is 0 Å². The SMILES string of the molecule is COCCOc1cccc(NC2CCN(C(N)=O)CC2)c1. The van der Waals surface area contributed by atoms with Gasteiger partial charge in [-0.3, -0.25) is 0 Å². The van der Waals surface area contributed by atoms with Gasteiger partial charge in [-0.25, -0.2) is 4.79 Å². The highest BCUT2D eigenvalue weighted by Crippen LogP contribution is 2.21. The van der Waals surface area contributed by atoms with Crippen molar-refractivity contribution in [3.63, 3.8) is 0 Å². The van der Waals surface area contributed by atoms with Crippen molar-refractivity contribution in [2.75, 3.05) is 38.7 Å². The number of methoxy groups -OCH3 is 1. The lowest BCUT2D eigenvalue weighted by atomic mass is 10.0. The first-order valence-electron chi connectivity index (χ1n) is 7.22. The van der Waals surface area contributed by atoms with Crippen LogP contribution in [0.5, 0.6) is 5.75 Å². The van der Waals surface area contributed by atoms with Crippen LogP contribution >= 0.6 is 0 Å². The van der Waals surface area contributed by atoms with Crippen molar-refractivity contribution in [2.24, 2.45) is 5.73 Å². The second-order valence-electron chi connectivity index (χ2n) is 5.11. The molecule has 0 saturated carbocycles. The number of ether oxygens (including phenoxy) is 2. The van der Waals surface area contributed by atoms with E-state index < -0.39 is 0 Å². The highest BCUT2D eigenvalue weighted by Gasteiger charge is 2.20. The Morgan fingerprint density at radius 1 is 1.38 bits per heavy atom. The summed E-state index contributed by atoms with van der Waals surface area (Å²) < 4.78 is 10.6. The number of urea groups is 1. The Morgan fingerprint density at radius 3 is 2.81 bits per heavy atom. The van der Waals surface area contributed by atoms with Gasteiger partial charge in [0.1, 0.15) is 12.4 Å². The normalized spacial score (nSPS) is 15.8. The van der Waals surface area contributed by atoms with Gasteiger partial charge in [-0.2, -0.15) is 0 Å². The van der Waals surface area contributed by atoms with Gasteiger partial charge in [-0.15, -0.1) is 0 Å². The smallest absolute Gasteiger partial charge is 0.314 e. The van der Waals surface area contributed by atoms with E-state index in [2.05, 4.69) is 5.32 Å². The first-order chi connectivity index (χ1) is 10.2. The molecular weight excluding hydrogens is 270 g/mol. The Kier molecular flexibility index (Phi) is 5.68. The van der Waals surface area contributed by atoms with Gasteiger partial charge in [-0.05, 0) is 25.0 Å². The van der Waals surface area contributed by atoms with Crippen molar-refractivity contribution in [2.45, 2.75) is 18.9 Å². The van der Waals surface area contributed by atoms with Crippen LogP contribution in [0.15, 0.2) is 24.3 Å². The molecular formula is C15H23N3O3. The van der Waals surface area contributed by atoms with Crippen LogP contribution in [-0.4, -0.2) is 50.4 Å².